The van der Waals surface area contributed by atoms with Gasteiger partial charge >= 0.3 is 0 Å². The number of aromatic nitrogens is 2. The molecular weight excluding hydrogens is 333 g/mol. The van der Waals surface area contributed by atoms with E-state index in [1.165, 1.54) is 4.90 Å². The van der Waals surface area contributed by atoms with Crippen LogP contribution in [-0.4, -0.2) is 16.2 Å². The molecule has 1 aromatic heterocycles. The molecule has 3 nitrogen and oxygen atoms in total. The van der Waals surface area contributed by atoms with Gasteiger partial charge in [0.2, 0.25) is 5.95 Å². The van der Waals surface area contributed by atoms with Gasteiger partial charge in [0.05, 0.1) is 5.69 Å². The van der Waals surface area contributed by atoms with Crippen molar-refractivity contribution in [1.82, 2.24) is 9.97 Å². The van der Waals surface area contributed by atoms with E-state index in [2.05, 4.69) is 50.2 Å². The van der Waals surface area contributed by atoms with Gasteiger partial charge in [-0.25, -0.2) is 9.97 Å². The second-order valence-corrected chi connectivity index (χ2v) is 5.14. The van der Waals surface area contributed by atoms with Gasteiger partial charge in [-0.1, -0.05) is 12.1 Å². The first-order valence-electron chi connectivity index (χ1n) is 4.67. The van der Waals surface area contributed by atoms with E-state index in [0.29, 0.717) is 5.95 Å². The number of benzene rings is 1. The molecule has 0 fully saturated rings. The number of anilines is 2. The number of hydrogen-bond donors (Lipinski definition) is 1. The van der Waals surface area contributed by atoms with Gasteiger partial charge in [-0.15, -0.1) is 11.8 Å². The van der Waals surface area contributed by atoms with E-state index in [1.807, 2.05) is 18.2 Å². The van der Waals surface area contributed by atoms with E-state index in [1.54, 1.807) is 24.2 Å². The van der Waals surface area contributed by atoms with Crippen molar-refractivity contribution in [1.29, 1.82) is 0 Å². The second kappa shape index (κ2) is 5.49. The van der Waals surface area contributed by atoms with Crippen LogP contribution in [-0.2, 0) is 0 Å². The Morgan fingerprint density at radius 3 is 2.56 bits per heavy atom. The summed E-state index contributed by atoms with van der Waals surface area (Å²) >= 11 is 3.88. The molecule has 0 saturated heterocycles. The van der Waals surface area contributed by atoms with E-state index in [0.717, 1.165) is 9.26 Å². The molecule has 0 aliphatic rings. The van der Waals surface area contributed by atoms with Gasteiger partial charge in [0.15, 0.2) is 0 Å². The molecule has 0 radical (unpaired) electrons. The van der Waals surface area contributed by atoms with Crippen molar-refractivity contribution in [2.24, 2.45) is 0 Å². The molecule has 0 bridgehead atoms. The largest absolute Gasteiger partial charge is 0.323 e. The Hall–Kier alpha value is -0.820. The van der Waals surface area contributed by atoms with Crippen molar-refractivity contribution in [3.8, 4) is 0 Å². The van der Waals surface area contributed by atoms with E-state index in [-0.39, 0.29) is 0 Å². The molecule has 1 aromatic carbocycles. The van der Waals surface area contributed by atoms with Gasteiger partial charge in [0.1, 0.15) is 0 Å². The zero-order valence-electron chi connectivity index (χ0n) is 8.64. The third-order valence-corrected chi connectivity index (χ3v) is 3.33. The van der Waals surface area contributed by atoms with Gasteiger partial charge in [0.25, 0.3) is 0 Å². The standard InChI is InChI=1S/C11H10IN3S/c1-16-10-5-3-2-4-9(10)15-11-13-6-8(12)7-14-11/h2-7H,1H3,(H,13,14,15). The number of hydrogen-bond acceptors (Lipinski definition) is 4. The lowest BCUT2D eigenvalue weighted by atomic mass is 10.3. The number of rotatable bonds is 3. The Kier molecular flexibility index (Phi) is 4.00. The molecule has 0 spiro atoms. The minimum absolute atomic E-state index is 0.627. The number of nitrogens with zero attached hydrogens (tertiary/aromatic N) is 2. The van der Waals surface area contributed by atoms with Crippen LogP contribution in [0.2, 0.25) is 0 Å². The summed E-state index contributed by atoms with van der Waals surface area (Å²) in [5.41, 5.74) is 1.04. The second-order valence-electron chi connectivity index (χ2n) is 3.05. The highest BCUT2D eigenvalue weighted by Gasteiger charge is 2.02. The zero-order chi connectivity index (χ0) is 11.4. The zero-order valence-corrected chi connectivity index (χ0v) is 11.6. The number of thioether (sulfide) groups is 1. The first kappa shape index (κ1) is 11.7. The summed E-state index contributed by atoms with van der Waals surface area (Å²) in [5.74, 6) is 0.627. The van der Waals surface area contributed by atoms with Crippen LogP contribution in [0.4, 0.5) is 11.6 Å². The minimum atomic E-state index is 0.627. The average molecular weight is 343 g/mol. The Morgan fingerprint density at radius 2 is 1.88 bits per heavy atom. The van der Waals surface area contributed by atoms with Crippen LogP contribution in [0.25, 0.3) is 0 Å². The summed E-state index contributed by atoms with van der Waals surface area (Å²) < 4.78 is 1.03. The van der Waals surface area contributed by atoms with Crippen molar-refractivity contribution < 1.29 is 0 Å². The van der Waals surface area contributed by atoms with E-state index < -0.39 is 0 Å². The SMILES string of the molecule is CSc1ccccc1Nc1ncc(I)cn1. The molecule has 2 rings (SSSR count). The molecule has 0 saturated carbocycles. The van der Waals surface area contributed by atoms with Crippen LogP contribution < -0.4 is 5.32 Å². The Balaban J connectivity index is 2.23. The fourth-order valence-electron chi connectivity index (χ4n) is 1.25. The third kappa shape index (κ3) is 2.85. The van der Waals surface area contributed by atoms with Crippen molar-refractivity contribution in [3.05, 3.63) is 40.2 Å². The van der Waals surface area contributed by atoms with Gasteiger partial charge in [0, 0.05) is 20.9 Å². The topological polar surface area (TPSA) is 37.8 Å². The molecule has 5 heteroatoms. The quantitative estimate of drug-likeness (QED) is 0.683. The maximum absolute atomic E-state index is 4.21. The van der Waals surface area contributed by atoms with E-state index in [4.69, 9.17) is 0 Å². The van der Waals surface area contributed by atoms with Crippen LogP contribution in [0.1, 0.15) is 0 Å². The van der Waals surface area contributed by atoms with E-state index >= 15 is 0 Å². The van der Waals surface area contributed by atoms with Crippen molar-refractivity contribution in [2.45, 2.75) is 4.90 Å². The lowest BCUT2D eigenvalue weighted by Gasteiger charge is -2.08. The predicted molar refractivity (Wildman–Crippen MR) is 76.3 cm³/mol. The van der Waals surface area contributed by atoms with Crippen LogP contribution in [0.3, 0.4) is 0 Å². The molecule has 0 amide bonds. The van der Waals surface area contributed by atoms with Crippen LogP contribution in [0.15, 0.2) is 41.6 Å². The van der Waals surface area contributed by atoms with Gasteiger partial charge in [-0.2, -0.15) is 0 Å². The first-order chi connectivity index (χ1) is 7.79. The fraction of sp³-hybridized carbons (Fsp3) is 0.0909. The Morgan fingerprint density at radius 1 is 1.19 bits per heavy atom. The minimum Gasteiger partial charge on any atom is -0.323 e. The lowest BCUT2D eigenvalue weighted by Crippen LogP contribution is -1.97. The average Bonchev–Trinajstić information content (AvgIpc) is 2.33. The van der Waals surface area contributed by atoms with Gasteiger partial charge < -0.3 is 5.32 Å². The summed E-state index contributed by atoms with van der Waals surface area (Å²) in [7, 11) is 0. The molecule has 0 aliphatic heterocycles. The highest BCUT2D eigenvalue weighted by Crippen LogP contribution is 2.26. The van der Waals surface area contributed by atoms with Crippen LogP contribution in [0.5, 0.6) is 0 Å². The number of nitrogens with one attached hydrogen (secondary N) is 1. The number of halogens is 1. The van der Waals surface area contributed by atoms with Gasteiger partial charge in [-0.05, 0) is 41.0 Å². The van der Waals surface area contributed by atoms with Crippen molar-refractivity contribution in [3.63, 3.8) is 0 Å². The molecule has 2 aromatic rings. The molecule has 0 atom stereocenters. The van der Waals surface area contributed by atoms with Crippen molar-refractivity contribution >= 4 is 46.0 Å². The first-order valence-corrected chi connectivity index (χ1v) is 6.97. The maximum Gasteiger partial charge on any atom is 0.227 e. The Labute approximate surface area is 112 Å². The highest BCUT2D eigenvalue weighted by molar-refractivity contribution is 14.1. The lowest BCUT2D eigenvalue weighted by molar-refractivity contribution is 1.14. The smallest absolute Gasteiger partial charge is 0.227 e. The van der Waals surface area contributed by atoms with Crippen LogP contribution >= 0.6 is 34.4 Å². The van der Waals surface area contributed by atoms with E-state index in [9.17, 15) is 0 Å². The molecule has 1 heterocycles. The molecule has 1 N–H and O–H groups in total. The summed E-state index contributed by atoms with van der Waals surface area (Å²) in [6, 6.07) is 8.10. The number of para-hydroxylation sites is 1. The summed E-state index contributed by atoms with van der Waals surface area (Å²) in [4.78, 5) is 9.60. The molecule has 0 aliphatic carbocycles. The summed E-state index contributed by atoms with van der Waals surface area (Å²) in [6.07, 6.45) is 5.63. The highest BCUT2D eigenvalue weighted by atomic mass is 127. The molecule has 16 heavy (non-hydrogen) atoms. The fourth-order valence-corrected chi connectivity index (χ4v) is 2.08. The predicted octanol–water partition coefficient (Wildman–Crippen LogP) is 3.55. The summed E-state index contributed by atoms with van der Waals surface area (Å²) in [6.45, 7) is 0. The Bertz CT molecular complexity index is 473. The third-order valence-electron chi connectivity index (χ3n) is 1.97. The summed E-state index contributed by atoms with van der Waals surface area (Å²) in [5, 5.41) is 3.20. The van der Waals surface area contributed by atoms with Crippen LogP contribution in [0, 0.1) is 3.57 Å². The monoisotopic (exact) mass is 343 g/mol. The van der Waals surface area contributed by atoms with Gasteiger partial charge in [-0.3, -0.25) is 0 Å². The molecular formula is C11H10IN3S. The molecule has 82 valence electrons. The maximum atomic E-state index is 4.21. The normalized spacial score (nSPS) is 10.1. The van der Waals surface area contributed by atoms with Crippen molar-refractivity contribution in [2.75, 3.05) is 11.6 Å². The molecule has 0 unspecified atom stereocenters.